The van der Waals surface area contributed by atoms with Gasteiger partial charge in [0.2, 0.25) is 0 Å². The van der Waals surface area contributed by atoms with Crippen LogP contribution < -0.4 is 15.0 Å². The topological polar surface area (TPSA) is 40.6 Å². The predicted octanol–water partition coefficient (Wildman–Crippen LogP) is 4.95. The third kappa shape index (κ3) is 4.57. The highest BCUT2D eigenvalue weighted by Crippen LogP contribution is 2.30. The van der Waals surface area contributed by atoms with Crippen LogP contribution in [0.4, 0.5) is 10.8 Å². The van der Waals surface area contributed by atoms with Crippen molar-refractivity contribution in [2.75, 3.05) is 43.5 Å². The number of nitrogens with one attached hydrogen (secondary N) is 1. The molecule has 1 aromatic heterocycles. The number of hydrogen-bond acceptors (Lipinski definition) is 5. The molecule has 0 saturated carbocycles. The fraction of sp³-hybridized carbons (Fsp3) is 0.304. The average Bonchev–Trinajstić information content (AvgIpc) is 3.26. The fourth-order valence-electron chi connectivity index (χ4n) is 3.57. The van der Waals surface area contributed by atoms with Crippen LogP contribution in [0.3, 0.4) is 0 Å². The van der Waals surface area contributed by atoms with E-state index in [4.69, 9.17) is 21.9 Å². The van der Waals surface area contributed by atoms with Crippen molar-refractivity contribution in [1.29, 1.82) is 0 Å². The van der Waals surface area contributed by atoms with Gasteiger partial charge in [0, 0.05) is 42.8 Å². The summed E-state index contributed by atoms with van der Waals surface area (Å²) in [4.78, 5) is 9.43. The number of aromatic nitrogens is 1. The van der Waals surface area contributed by atoms with E-state index in [1.165, 1.54) is 11.1 Å². The molecule has 2 heterocycles. The van der Waals surface area contributed by atoms with E-state index in [1.54, 1.807) is 18.4 Å². The van der Waals surface area contributed by atoms with Crippen LogP contribution in [0.5, 0.6) is 5.75 Å². The minimum Gasteiger partial charge on any atom is -0.497 e. The zero-order valence-electron chi connectivity index (χ0n) is 17.5. The van der Waals surface area contributed by atoms with E-state index >= 15 is 0 Å². The molecule has 5 nitrogen and oxygen atoms in total. The third-order valence-electron chi connectivity index (χ3n) is 5.32. The molecule has 2 aromatic carbocycles. The normalized spacial score (nSPS) is 14.0. The van der Waals surface area contributed by atoms with Gasteiger partial charge in [0.05, 0.1) is 12.8 Å². The second kappa shape index (κ2) is 9.02. The van der Waals surface area contributed by atoms with E-state index in [2.05, 4.69) is 58.6 Å². The standard InChI is InChI=1S/C23H26N4OS2/c1-16-7-8-20(17(2)13-16)24-22(29)26-9-11-27(12-10-26)23-25-21(15-30-23)18-5-4-6-19(14-18)28-3/h4-8,13-15H,9-12H2,1-3H3,(H,24,29). The van der Waals surface area contributed by atoms with Crippen LogP contribution in [0.2, 0.25) is 0 Å². The molecule has 30 heavy (non-hydrogen) atoms. The van der Waals surface area contributed by atoms with Crippen molar-refractivity contribution in [2.45, 2.75) is 13.8 Å². The maximum atomic E-state index is 5.67. The minimum atomic E-state index is 0.790. The molecule has 0 bridgehead atoms. The Morgan fingerprint density at radius 1 is 1.10 bits per heavy atom. The van der Waals surface area contributed by atoms with Crippen molar-refractivity contribution in [1.82, 2.24) is 9.88 Å². The van der Waals surface area contributed by atoms with E-state index in [0.29, 0.717) is 0 Å². The van der Waals surface area contributed by atoms with Gasteiger partial charge in [-0.25, -0.2) is 4.98 Å². The molecule has 0 amide bonds. The molecule has 1 aliphatic rings. The van der Waals surface area contributed by atoms with Crippen molar-refractivity contribution in [3.05, 3.63) is 59.0 Å². The summed E-state index contributed by atoms with van der Waals surface area (Å²) >= 11 is 7.35. The van der Waals surface area contributed by atoms with Crippen LogP contribution in [0.1, 0.15) is 11.1 Å². The second-order valence-corrected chi connectivity index (χ2v) is 8.69. The number of nitrogens with zero attached hydrogens (tertiary/aromatic N) is 3. The third-order valence-corrected chi connectivity index (χ3v) is 6.58. The lowest BCUT2D eigenvalue weighted by molar-refractivity contribution is 0.390. The molecule has 1 saturated heterocycles. The van der Waals surface area contributed by atoms with Gasteiger partial charge in [-0.2, -0.15) is 0 Å². The van der Waals surface area contributed by atoms with Crippen LogP contribution in [0.15, 0.2) is 47.8 Å². The van der Waals surface area contributed by atoms with Crippen molar-refractivity contribution in [3.8, 4) is 17.0 Å². The first-order chi connectivity index (χ1) is 14.5. The highest BCUT2D eigenvalue weighted by molar-refractivity contribution is 7.80. The molecule has 1 fully saturated rings. The molecule has 0 atom stereocenters. The summed E-state index contributed by atoms with van der Waals surface area (Å²) in [6.45, 7) is 7.78. The first kappa shape index (κ1) is 20.6. The van der Waals surface area contributed by atoms with Crippen molar-refractivity contribution in [2.24, 2.45) is 0 Å². The Bertz CT molecular complexity index is 1040. The van der Waals surface area contributed by atoms with Crippen LogP contribution in [0, 0.1) is 13.8 Å². The summed E-state index contributed by atoms with van der Waals surface area (Å²) in [5.74, 6) is 0.848. The highest BCUT2D eigenvalue weighted by Gasteiger charge is 2.21. The van der Waals surface area contributed by atoms with Crippen LogP contribution >= 0.6 is 23.6 Å². The van der Waals surface area contributed by atoms with Gasteiger partial charge in [0.15, 0.2) is 10.2 Å². The molecule has 1 aliphatic heterocycles. The predicted molar refractivity (Wildman–Crippen MR) is 130 cm³/mol. The van der Waals surface area contributed by atoms with Gasteiger partial charge in [-0.1, -0.05) is 29.8 Å². The lowest BCUT2D eigenvalue weighted by Crippen LogP contribution is -2.50. The summed E-state index contributed by atoms with van der Waals surface area (Å²) in [6.07, 6.45) is 0. The van der Waals surface area contributed by atoms with E-state index in [1.807, 2.05) is 18.2 Å². The number of rotatable bonds is 4. The number of thiazole rings is 1. The lowest BCUT2D eigenvalue weighted by Gasteiger charge is -2.36. The van der Waals surface area contributed by atoms with Gasteiger partial charge in [0.1, 0.15) is 5.75 Å². The molecular formula is C23H26N4OS2. The molecule has 4 rings (SSSR count). The van der Waals surface area contributed by atoms with E-state index < -0.39 is 0 Å². The number of aryl methyl sites for hydroxylation is 2. The van der Waals surface area contributed by atoms with Crippen LogP contribution in [-0.2, 0) is 0 Å². The zero-order valence-corrected chi connectivity index (χ0v) is 19.1. The second-order valence-electron chi connectivity index (χ2n) is 7.47. The van der Waals surface area contributed by atoms with E-state index in [0.717, 1.165) is 59.1 Å². The van der Waals surface area contributed by atoms with Crippen molar-refractivity contribution < 1.29 is 4.74 Å². The largest absolute Gasteiger partial charge is 0.497 e. The molecule has 0 aliphatic carbocycles. The summed E-state index contributed by atoms with van der Waals surface area (Å²) in [5.41, 5.74) is 5.62. The maximum absolute atomic E-state index is 5.67. The molecule has 1 N–H and O–H groups in total. The molecule has 7 heteroatoms. The number of hydrogen-bond donors (Lipinski definition) is 1. The van der Waals surface area contributed by atoms with Gasteiger partial charge < -0.3 is 19.9 Å². The number of piperazine rings is 1. The Morgan fingerprint density at radius 3 is 2.63 bits per heavy atom. The molecule has 0 radical (unpaired) electrons. The summed E-state index contributed by atoms with van der Waals surface area (Å²) in [5, 5.41) is 7.37. The lowest BCUT2D eigenvalue weighted by atomic mass is 10.1. The Hall–Kier alpha value is -2.64. The molecule has 0 spiro atoms. The Labute approximate surface area is 187 Å². The maximum Gasteiger partial charge on any atom is 0.185 e. The Morgan fingerprint density at radius 2 is 1.90 bits per heavy atom. The number of benzene rings is 2. The van der Waals surface area contributed by atoms with Crippen LogP contribution in [-0.4, -0.2) is 48.3 Å². The first-order valence-corrected chi connectivity index (χ1v) is 11.3. The monoisotopic (exact) mass is 438 g/mol. The Balaban J connectivity index is 1.36. The first-order valence-electron chi connectivity index (χ1n) is 10.0. The van der Waals surface area contributed by atoms with Crippen LogP contribution in [0.25, 0.3) is 11.3 Å². The quantitative estimate of drug-likeness (QED) is 0.581. The van der Waals surface area contributed by atoms with E-state index in [9.17, 15) is 0 Å². The van der Waals surface area contributed by atoms with Crippen molar-refractivity contribution >= 4 is 39.5 Å². The highest BCUT2D eigenvalue weighted by atomic mass is 32.1. The number of anilines is 2. The van der Waals surface area contributed by atoms with Gasteiger partial charge in [-0.3, -0.25) is 0 Å². The molecule has 3 aromatic rings. The summed E-state index contributed by atoms with van der Waals surface area (Å²) < 4.78 is 5.33. The fourth-order valence-corrected chi connectivity index (χ4v) is 4.75. The Kier molecular flexibility index (Phi) is 6.20. The van der Waals surface area contributed by atoms with Gasteiger partial charge >= 0.3 is 0 Å². The smallest absolute Gasteiger partial charge is 0.185 e. The van der Waals surface area contributed by atoms with Gasteiger partial charge in [-0.05, 0) is 49.8 Å². The number of methoxy groups -OCH3 is 1. The molecule has 156 valence electrons. The summed E-state index contributed by atoms with van der Waals surface area (Å²) in [6, 6.07) is 14.4. The van der Waals surface area contributed by atoms with Gasteiger partial charge in [-0.15, -0.1) is 11.3 Å². The zero-order chi connectivity index (χ0) is 21.1. The molecule has 0 unspecified atom stereocenters. The van der Waals surface area contributed by atoms with Crippen molar-refractivity contribution in [3.63, 3.8) is 0 Å². The minimum absolute atomic E-state index is 0.790. The summed E-state index contributed by atoms with van der Waals surface area (Å²) in [7, 11) is 1.69. The number of thiocarbonyl (C=S) groups is 1. The molecular weight excluding hydrogens is 412 g/mol. The van der Waals surface area contributed by atoms with E-state index in [-0.39, 0.29) is 0 Å². The SMILES string of the molecule is COc1cccc(-c2csc(N3CCN(C(=S)Nc4ccc(C)cc4C)CC3)n2)c1. The average molecular weight is 439 g/mol. The number of ether oxygens (including phenoxy) is 1. The van der Waals surface area contributed by atoms with Gasteiger partial charge in [0.25, 0.3) is 0 Å².